The summed E-state index contributed by atoms with van der Waals surface area (Å²) >= 11 is 0. The Morgan fingerprint density at radius 1 is 1.12 bits per heavy atom. The van der Waals surface area contributed by atoms with Gasteiger partial charge < -0.3 is 4.90 Å². The molecule has 0 saturated carbocycles. The Hall–Kier alpha value is -2.69. The van der Waals surface area contributed by atoms with Crippen molar-refractivity contribution in [2.24, 2.45) is 0 Å². The number of anilines is 1. The van der Waals surface area contributed by atoms with Crippen molar-refractivity contribution < 1.29 is 4.79 Å². The number of carbonyl (C=O) groups is 1. The number of nitrogens with zero attached hydrogens (tertiary/aromatic N) is 4. The fourth-order valence-corrected chi connectivity index (χ4v) is 3.36. The van der Waals surface area contributed by atoms with E-state index in [2.05, 4.69) is 30.0 Å². The van der Waals surface area contributed by atoms with Crippen LogP contribution >= 0.6 is 0 Å². The quantitative estimate of drug-likeness (QED) is 0.691. The Kier molecular flexibility index (Phi) is 4.81. The second kappa shape index (κ2) is 6.90. The molecule has 0 saturated heterocycles. The van der Waals surface area contributed by atoms with Gasteiger partial charge in [-0.05, 0) is 70.9 Å². The molecule has 0 atom stereocenters. The molecule has 26 heavy (non-hydrogen) atoms. The third kappa shape index (κ3) is 3.21. The first-order valence-corrected chi connectivity index (χ1v) is 9.06. The highest BCUT2D eigenvalue weighted by Gasteiger charge is 2.21. The third-order valence-corrected chi connectivity index (χ3v) is 4.56. The molecule has 0 unspecified atom stereocenters. The molecule has 0 aliphatic rings. The Labute approximate surface area is 154 Å². The molecule has 136 valence electrons. The van der Waals surface area contributed by atoms with E-state index >= 15 is 0 Å². The normalized spacial score (nSPS) is 11.3. The number of amides is 1. The summed E-state index contributed by atoms with van der Waals surface area (Å²) in [5.41, 5.74) is 5.40. The van der Waals surface area contributed by atoms with Crippen molar-refractivity contribution in [3.05, 3.63) is 52.8 Å². The lowest BCUT2D eigenvalue weighted by Crippen LogP contribution is -2.31. The Bertz CT molecular complexity index is 951. The number of fused-ring (bicyclic) bond motifs is 1. The van der Waals surface area contributed by atoms with Crippen molar-refractivity contribution in [3.63, 3.8) is 0 Å². The number of carbonyl (C=O) groups excluding carboxylic acids is 1. The van der Waals surface area contributed by atoms with Crippen LogP contribution < -0.4 is 4.90 Å². The first kappa shape index (κ1) is 18.1. The van der Waals surface area contributed by atoms with Gasteiger partial charge in [0, 0.05) is 23.7 Å². The van der Waals surface area contributed by atoms with Crippen LogP contribution in [0.3, 0.4) is 0 Å². The SMILES string of the molecule is CCN(C(=O)c1cc2cnn(C(C)C)c2nc1C)c1cc(C)cc(C)c1. The van der Waals surface area contributed by atoms with Crippen LogP contribution in [0.4, 0.5) is 5.69 Å². The van der Waals surface area contributed by atoms with Gasteiger partial charge in [-0.3, -0.25) is 4.79 Å². The Balaban J connectivity index is 2.06. The molecule has 0 bridgehead atoms. The summed E-state index contributed by atoms with van der Waals surface area (Å²) in [4.78, 5) is 19.7. The summed E-state index contributed by atoms with van der Waals surface area (Å²) in [7, 11) is 0. The molecular formula is C21H26N4O. The molecule has 1 aromatic carbocycles. The number of hydrogen-bond acceptors (Lipinski definition) is 3. The molecular weight excluding hydrogens is 324 g/mol. The zero-order valence-corrected chi connectivity index (χ0v) is 16.4. The molecule has 3 aromatic rings. The smallest absolute Gasteiger partial charge is 0.260 e. The highest BCUT2D eigenvalue weighted by atomic mass is 16.2. The fraction of sp³-hybridized carbons (Fsp3) is 0.381. The average Bonchev–Trinajstić information content (AvgIpc) is 2.96. The van der Waals surface area contributed by atoms with Gasteiger partial charge >= 0.3 is 0 Å². The lowest BCUT2D eigenvalue weighted by Gasteiger charge is -2.23. The summed E-state index contributed by atoms with van der Waals surface area (Å²) in [5, 5.41) is 5.30. The van der Waals surface area contributed by atoms with Crippen LogP contribution in [0, 0.1) is 20.8 Å². The van der Waals surface area contributed by atoms with Crippen LogP contribution in [0.5, 0.6) is 0 Å². The maximum Gasteiger partial charge on any atom is 0.260 e. The van der Waals surface area contributed by atoms with Crippen molar-refractivity contribution in [1.29, 1.82) is 0 Å². The van der Waals surface area contributed by atoms with Gasteiger partial charge in [0.25, 0.3) is 5.91 Å². The topological polar surface area (TPSA) is 51.0 Å². The van der Waals surface area contributed by atoms with Crippen LogP contribution in [0.25, 0.3) is 11.0 Å². The first-order valence-electron chi connectivity index (χ1n) is 9.06. The Morgan fingerprint density at radius 3 is 2.35 bits per heavy atom. The summed E-state index contributed by atoms with van der Waals surface area (Å²) in [5.74, 6) is -0.0262. The van der Waals surface area contributed by atoms with E-state index in [9.17, 15) is 4.79 Å². The van der Waals surface area contributed by atoms with E-state index in [4.69, 9.17) is 0 Å². The van der Waals surface area contributed by atoms with Crippen molar-refractivity contribution in [2.75, 3.05) is 11.4 Å². The summed E-state index contributed by atoms with van der Waals surface area (Å²) in [6.45, 7) is 12.7. The number of hydrogen-bond donors (Lipinski definition) is 0. The van der Waals surface area contributed by atoms with E-state index < -0.39 is 0 Å². The number of pyridine rings is 1. The van der Waals surface area contributed by atoms with Crippen LogP contribution in [0.2, 0.25) is 0 Å². The van der Waals surface area contributed by atoms with E-state index in [0.29, 0.717) is 12.1 Å². The maximum absolute atomic E-state index is 13.3. The van der Waals surface area contributed by atoms with Crippen molar-refractivity contribution in [1.82, 2.24) is 14.8 Å². The van der Waals surface area contributed by atoms with E-state index in [1.807, 2.05) is 55.5 Å². The summed E-state index contributed by atoms with van der Waals surface area (Å²) < 4.78 is 1.89. The van der Waals surface area contributed by atoms with Gasteiger partial charge in [0.15, 0.2) is 5.65 Å². The minimum absolute atomic E-state index is 0.0262. The zero-order chi connectivity index (χ0) is 19.0. The lowest BCUT2D eigenvalue weighted by molar-refractivity contribution is 0.0987. The summed E-state index contributed by atoms with van der Waals surface area (Å²) in [6.07, 6.45) is 1.78. The average molecular weight is 350 g/mol. The number of rotatable bonds is 4. The maximum atomic E-state index is 13.3. The van der Waals surface area contributed by atoms with Crippen LogP contribution in [-0.2, 0) is 0 Å². The van der Waals surface area contributed by atoms with Gasteiger partial charge in [0.1, 0.15) is 0 Å². The van der Waals surface area contributed by atoms with Gasteiger partial charge in [-0.1, -0.05) is 6.07 Å². The van der Waals surface area contributed by atoms with E-state index in [1.165, 1.54) is 0 Å². The highest BCUT2D eigenvalue weighted by molar-refractivity contribution is 6.08. The van der Waals surface area contributed by atoms with Gasteiger partial charge in [0.05, 0.1) is 17.5 Å². The number of aryl methyl sites for hydroxylation is 3. The van der Waals surface area contributed by atoms with Crippen molar-refractivity contribution >= 4 is 22.6 Å². The molecule has 2 heterocycles. The predicted molar refractivity (Wildman–Crippen MR) is 106 cm³/mol. The standard InChI is InChI=1S/C21H26N4O/c1-7-24(18-9-14(4)8-15(5)10-18)21(26)19-11-17-12-22-25(13(2)3)20(17)23-16(19)6/h8-13H,7H2,1-6H3. The van der Waals surface area contributed by atoms with Gasteiger partial charge in [-0.2, -0.15) is 5.10 Å². The molecule has 2 aromatic heterocycles. The molecule has 0 spiro atoms. The number of benzene rings is 1. The zero-order valence-electron chi connectivity index (χ0n) is 16.4. The van der Waals surface area contributed by atoms with Crippen LogP contribution in [-0.4, -0.2) is 27.2 Å². The van der Waals surface area contributed by atoms with Gasteiger partial charge in [-0.15, -0.1) is 0 Å². The summed E-state index contributed by atoms with van der Waals surface area (Å²) in [6, 6.07) is 8.35. The van der Waals surface area contributed by atoms with E-state index in [1.54, 1.807) is 6.20 Å². The molecule has 5 nitrogen and oxygen atoms in total. The minimum atomic E-state index is -0.0262. The molecule has 1 amide bonds. The molecule has 0 fully saturated rings. The fourth-order valence-electron chi connectivity index (χ4n) is 3.36. The molecule has 0 aliphatic heterocycles. The van der Waals surface area contributed by atoms with E-state index in [0.717, 1.165) is 33.5 Å². The lowest BCUT2D eigenvalue weighted by atomic mass is 10.1. The first-order chi connectivity index (χ1) is 12.3. The van der Waals surface area contributed by atoms with Crippen LogP contribution in [0.15, 0.2) is 30.5 Å². The molecule has 0 radical (unpaired) electrons. The number of aromatic nitrogens is 3. The molecule has 3 rings (SSSR count). The predicted octanol–water partition coefficient (Wildman–Crippen LogP) is 4.60. The minimum Gasteiger partial charge on any atom is -0.309 e. The van der Waals surface area contributed by atoms with Gasteiger partial charge in [0.2, 0.25) is 0 Å². The van der Waals surface area contributed by atoms with Gasteiger partial charge in [-0.25, -0.2) is 9.67 Å². The molecule has 0 N–H and O–H groups in total. The van der Waals surface area contributed by atoms with Crippen LogP contribution in [0.1, 0.15) is 54.0 Å². The monoisotopic (exact) mass is 350 g/mol. The molecule has 0 aliphatic carbocycles. The third-order valence-electron chi connectivity index (χ3n) is 4.56. The highest BCUT2D eigenvalue weighted by Crippen LogP contribution is 2.24. The van der Waals surface area contributed by atoms with Crippen molar-refractivity contribution in [3.8, 4) is 0 Å². The Morgan fingerprint density at radius 2 is 1.77 bits per heavy atom. The second-order valence-electron chi connectivity index (χ2n) is 7.11. The van der Waals surface area contributed by atoms with E-state index in [-0.39, 0.29) is 11.9 Å². The van der Waals surface area contributed by atoms with Crippen molar-refractivity contribution in [2.45, 2.75) is 47.6 Å². The largest absolute Gasteiger partial charge is 0.309 e. The second-order valence-corrected chi connectivity index (χ2v) is 7.11. The molecule has 5 heteroatoms.